The Morgan fingerprint density at radius 2 is 2.06 bits per heavy atom. The molecule has 0 fully saturated rings. The number of aliphatic hydroxyl groups excluding tert-OH is 1. The molecule has 18 heavy (non-hydrogen) atoms. The van der Waals surface area contributed by atoms with Crippen LogP contribution in [0.1, 0.15) is 0 Å². The summed E-state index contributed by atoms with van der Waals surface area (Å²) in [5, 5.41) is 19.1. The first kappa shape index (κ1) is 14.2. The lowest BCUT2D eigenvalue weighted by Gasteiger charge is -2.15. The highest BCUT2D eigenvalue weighted by atomic mass is 19.4. The summed E-state index contributed by atoms with van der Waals surface area (Å²) in [6, 6.07) is 2.09. The Morgan fingerprint density at radius 1 is 1.44 bits per heavy atom. The first-order chi connectivity index (χ1) is 8.21. The van der Waals surface area contributed by atoms with Crippen LogP contribution in [0.25, 0.3) is 0 Å². The second kappa shape index (κ2) is 5.17. The normalized spacial score (nSPS) is 13.2. The molecule has 1 rings (SSSR count). The highest BCUT2D eigenvalue weighted by molar-refractivity contribution is 5.46. The molecule has 0 radical (unpaired) electrons. The van der Waals surface area contributed by atoms with Gasteiger partial charge in [-0.1, -0.05) is 0 Å². The molecule has 1 aromatic rings. The monoisotopic (exact) mass is 269 g/mol. The molecule has 0 aromatic heterocycles. The lowest BCUT2D eigenvalue weighted by molar-refractivity contribution is -0.386. The Bertz CT molecular complexity index is 449. The van der Waals surface area contributed by atoms with Gasteiger partial charge < -0.3 is 9.84 Å². The molecule has 0 saturated heterocycles. The van der Waals surface area contributed by atoms with Gasteiger partial charge in [-0.05, 0) is 6.07 Å². The van der Waals surface area contributed by atoms with Gasteiger partial charge in [-0.2, -0.15) is 13.2 Å². The summed E-state index contributed by atoms with van der Waals surface area (Å²) in [5.41, 5.74) is -0.689. The third-order valence-corrected chi connectivity index (χ3v) is 1.89. The van der Waals surface area contributed by atoms with Gasteiger partial charge in [-0.3, -0.25) is 10.1 Å². The van der Waals surface area contributed by atoms with Crippen molar-refractivity contribution < 1.29 is 32.3 Å². The smallest absolute Gasteiger partial charge is 0.417 e. The molecule has 1 N–H and O–H groups in total. The van der Waals surface area contributed by atoms with E-state index >= 15 is 0 Å². The van der Waals surface area contributed by atoms with Gasteiger partial charge in [-0.15, -0.1) is 0 Å². The molecule has 1 aromatic carbocycles. The number of alkyl halides is 3. The van der Waals surface area contributed by atoms with Gasteiger partial charge in [0.25, 0.3) is 0 Å². The van der Waals surface area contributed by atoms with E-state index < -0.39 is 41.1 Å². The molecule has 100 valence electrons. The zero-order chi connectivity index (χ0) is 13.9. The minimum atomic E-state index is -4.91. The maximum absolute atomic E-state index is 12.8. The Balaban J connectivity index is 2.84. The highest BCUT2D eigenvalue weighted by Crippen LogP contribution is 2.28. The van der Waals surface area contributed by atoms with Crippen LogP contribution in [0.5, 0.6) is 5.75 Å². The van der Waals surface area contributed by atoms with Gasteiger partial charge in [0.2, 0.25) is 0 Å². The third kappa shape index (κ3) is 3.55. The quantitative estimate of drug-likeness (QED) is 0.515. The zero-order valence-corrected chi connectivity index (χ0v) is 8.65. The maximum Gasteiger partial charge on any atom is 0.417 e. The van der Waals surface area contributed by atoms with E-state index in [0.717, 1.165) is 12.1 Å². The second-order valence-electron chi connectivity index (χ2n) is 3.24. The molecule has 0 spiro atoms. The molecular formula is C9H7F4NO4. The predicted octanol–water partition coefficient (Wildman–Crippen LogP) is 2.04. The van der Waals surface area contributed by atoms with Crippen LogP contribution >= 0.6 is 0 Å². The largest absolute Gasteiger partial charge is 0.484 e. The summed E-state index contributed by atoms with van der Waals surface area (Å²) in [6.45, 7) is -1.26. The number of hydrogen-bond donors (Lipinski definition) is 1. The average molecular weight is 269 g/mol. The van der Waals surface area contributed by atoms with Crippen LogP contribution < -0.4 is 4.74 Å². The van der Waals surface area contributed by atoms with Crippen LogP contribution in [0.2, 0.25) is 0 Å². The van der Waals surface area contributed by atoms with Gasteiger partial charge in [0.05, 0.1) is 4.92 Å². The first-order valence-corrected chi connectivity index (χ1v) is 4.53. The molecule has 0 amide bonds. The van der Waals surface area contributed by atoms with Crippen molar-refractivity contribution in [1.29, 1.82) is 0 Å². The number of rotatable bonds is 4. The van der Waals surface area contributed by atoms with Crippen molar-refractivity contribution in [3.63, 3.8) is 0 Å². The zero-order valence-electron chi connectivity index (χ0n) is 8.65. The number of hydrogen-bond acceptors (Lipinski definition) is 4. The summed E-state index contributed by atoms with van der Waals surface area (Å²) in [6.07, 6.45) is -7.72. The van der Waals surface area contributed by atoms with E-state index in [2.05, 4.69) is 4.74 Å². The summed E-state index contributed by atoms with van der Waals surface area (Å²) < 4.78 is 53.1. The highest BCUT2D eigenvalue weighted by Gasteiger charge is 2.39. The number of aliphatic hydroxyl groups is 1. The second-order valence-corrected chi connectivity index (χ2v) is 3.24. The van der Waals surface area contributed by atoms with Gasteiger partial charge in [-0.25, -0.2) is 4.39 Å². The third-order valence-electron chi connectivity index (χ3n) is 1.89. The molecule has 0 saturated carbocycles. The fraction of sp³-hybridized carbons (Fsp3) is 0.333. The van der Waals surface area contributed by atoms with Crippen LogP contribution in [0, 0.1) is 15.9 Å². The number of nitrogens with zero attached hydrogens (tertiary/aromatic N) is 1. The number of benzene rings is 1. The molecule has 9 heteroatoms. The van der Waals surface area contributed by atoms with Gasteiger partial charge in [0.1, 0.15) is 12.4 Å². The summed E-state index contributed by atoms with van der Waals surface area (Å²) in [4.78, 5) is 9.56. The van der Waals surface area contributed by atoms with Crippen molar-refractivity contribution in [2.75, 3.05) is 6.61 Å². The van der Waals surface area contributed by atoms with Gasteiger partial charge in [0, 0.05) is 12.1 Å². The molecule has 0 aliphatic rings. The summed E-state index contributed by atoms with van der Waals surface area (Å²) >= 11 is 0. The maximum atomic E-state index is 12.8. The number of ether oxygens (including phenoxy) is 1. The molecule has 1 unspecified atom stereocenters. The topological polar surface area (TPSA) is 72.6 Å². The van der Waals surface area contributed by atoms with Crippen molar-refractivity contribution in [2.24, 2.45) is 0 Å². The van der Waals surface area contributed by atoms with Crippen molar-refractivity contribution in [2.45, 2.75) is 12.3 Å². The summed E-state index contributed by atoms with van der Waals surface area (Å²) in [5.74, 6) is -1.58. The van der Waals surface area contributed by atoms with Crippen molar-refractivity contribution in [1.82, 2.24) is 0 Å². The number of nitro groups is 1. The van der Waals surface area contributed by atoms with E-state index in [1.807, 2.05) is 0 Å². The fourth-order valence-electron chi connectivity index (χ4n) is 1.02. The van der Waals surface area contributed by atoms with Crippen molar-refractivity contribution in [3.8, 4) is 5.75 Å². The molecule has 0 aliphatic carbocycles. The van der Waals surface area contributed by atoms with Crippen LogP contribution in [-0.2, 0) is 0 Å². The molecule has 1 atom stereocenters. The van der Waals surface area contributed by atoms with E-state index in [0.29, 0.717) is 6.07 Å². The number of halogens is 4. The minimum Gasteiger partial charge on any atom is -0.484 e. The first-order valence-electron chi connectivity index (χ1n) is 4.53. The molecule has 0 bridgehead atoms. The predicted molar refractivity (Wildman–Crippen MR) is 50.6 cm³/mol. The van der Waals surface area contributed by atoms with Crippen molar-refractivity contribution >= 4 is 5.69 Å². The average Bonchev–Trinajstić information content (AvgIpc) is 2.24. The van der Waals surface area contributed by atoms with E-state index in [-0.39, 0.29) is 0 Å². The van der Waals surface area contributed by atoms with Gasteiger partial charge in [0.15, 0.2) is 11.9 Å². The van der Waals surface area contributed by atoms with E-state index in [9.17, 15) is 27.7 Å². The van der Waals surface area contributed by atoms with Crippen molar-refractivity contribution in [3.05, 3.63) is 34.1 Å². The molecule has 5 nitrogen and oxygen atoms in total. The summed E-state index contributed by atoms with van der Waals surface area (Å²) in [7, 11) is 0. The van der Waals surface area contributed by atoms with Crippen LogP contribution in [0.15, 0.2) is 18.2 Å². The minimum absolute atomic E-state index is 0.571. The molecule has 0 heterocycles. The van der Waals surface area contributed by atoms with Crippen LogP contribution in [0.3, 0.4) is 0 Å². The molecule has 0 aliphatic heterocycles. The Hall–Kier alpha value is -1.90. The van der Waals surface area contributed by atoms with E-state index in [1.165, 1.54) is 0 Å². The van der Waals surface area contributed by atoms with Crippen LogP contribution in [0.4, 0.5) is 23.2 Å². The van der Waals surface area contributed by atoms with Crippen LogP contribution in [-0.4, -0.2) is 28.9 Å². The lowest BCUT2D eigenvalue weighted by atomic mass is 10.3. The lowest BCUT2D eigenvalue weighted by Crippen LogP contribution is -2.34. The standard InChI is InChI=1S/C9H7F4NO4/c10-5-1-2-6(14(16)17)7(3-5)18-4-8(15)9(11,12)13/h1-3,8,15H,4H2. The van der Waals surface area contributed by atoms with E-state index in [4.69, 9.17) is 5.11 Å². The fourth-order valence-corrected chi connectivity index (χ4v) is 1.02. The Morgan fingerprint density at radius 3 is 2.56 bits per heavy atom. The molecular weight excluding hydrogens is 262 g/mol. The SMILES string of the molecule is O=[N+]([O-])c1ccc(F)cc1OCC(O)C(F)(F)F. The Kier molecular flexibility index (Phi) is 4.07. The Labute approximate surface area is 97.7 Å². The van der Waals surface area contributed by atoms with Gasteiger partial charge >= 0.3 is 11.9 Å². The number of nitro benzene ring substituents is 1. The van der Waals surface area contributed by atoms with E-state index in [1.54, 1.807) is 0 Å².